The lowest BCUT2D eigenvalue weighted by Crippen LogP contribution is -2.41. The Morgan fingerprint density at radius 3 is 2.43 bits per heavy atom. The molecule has 0 aliphatic carbocycles. The number of benzene rings is 1. The first-order chi connectivity index (χ1) is 9.82. The zero-order valence-corrected chi connectivity index (χ0v) is 12.0. The Morgan fingerprint density at radius 1 is 1.29 bits per heavy atom. The summed E-state index contributed by atoms with van der Waals surface area (Å²) in [4.78, 5) is 13.9. The highest BCUT2D eigenvalue weighted by Gasteiger charge is 2.36. The second-order valence-electron chi connectivity index (χ2n) is 5.41. The fourth-order valence-corrected chi connectivity index (χ4v) is 2.82. The Balaban J connectivity index is 2.24. The summed E-state index contributed by atoms with van der Waals surface area (Å²) in [5.41, 5.74) is 0.0836. The van der Waals surface area contributed by atoms with E-state index in [4.69, 9.17) is 4.74 Å². The summed E-state index contributed by atoms with van der Waals surface area (Å²) >= 11 is 0. The molecule has 1 fully saturated rings. The van der Waals surface area contributed by atoms with Gasteiger partial charge in [0.15, 0.2) is 0 Å². The summed E-state index contributed by atoms with van der Waals surface area (Å²) in [7, 11) is 3.25. The van der Waals surface area contributed by atoms with E-state index in [2.05, 4.69) is 0 Å². The Labute approximate surface area is 121 Å². The number of esters is 1. The quantitative estimate of drug-likeness (QED) is 0.787. The minimum absolute atomic E-state index is 0.101. The van der Waals surface area contributed by atoms with Crippen molar-refractivity contribution in [2.24, 2.45) is 5.92 Å². The van der Waals surface area contributed by atoms with Crippen LogP contribution in [-0.2, 0) is 15.7 Å². The van der Waals surface area contributed by atoms with E-state index >= 15 is 0 Å². The summed E-state index contributed by atoms with van der Waals surface area (Å²) in [6.45, 7) is 1.36. The first kappa shape index (κ1) is 15.8. The van der Waals surface area contributed by atoms with E-state index in [-0.39, 0.29) is 17.8 Å². The average Bonchev–Trinajstić information content (AvgIpc) is 2.45. The van der Waals surface area contributed by atoms with Gasteiger partial charge in [-0.15, -0.1) is 0 Å². The molecular weight excluding hydrogens is 283 g/mol. The van der Waals surface area contributed by atoms with Gasteiger partial charge < -0.3 is 9.64 Å². The fraction of sp³-hybridized carbons (Fsp3) is 0.533. The molecule has 2 rings (SSSR count). The van der Waals surface area contributed by atoms with Gasteiger partial charge in [0.05, 0.1) is 18.6 Å². The largest absolute Gasteiger partial charge is 0.469 e. The van der Waals surface area contributed by atoms with Crippen molar-refractivity contribution in [2.75, 3.05) is 27.2 Å². The standard InChI is InChI=1S/C15H18F3NO2/c1-19-8-7-12(13(9-19)14(20)21-2)10-3-5-11(6-4-10)15(16,17)18/h3-6,12-13H,7-9H2,1-2H3/t12-,13-/m1/s1. The van der Waals surface area contributed by atoms with Gasteiger partial charge in [-0.1, -0.05) is 12.1 Å². The molecule has 1 aromatic rings. The maximum absolute atomic E-state index is 12.6. The minimum atomic E-state index is -4.34. The summed E-state index contributed by atoms with van der Waals surface area (Å²) in [6.07, 6.45) is -3.62. The first-order valence-corrected chi connectivity index (χ1v) is 6.76. The van der Waals surface area contributed by atoms with E-state index in [1.807, 2.05) is 11.9 Å². The van der Waals surface area contributed by atoms with Crippen LogP contribution in [0.15, 0.2) is 24.3 Å². The second kappa shape index (κ2) is 6.05. The van der Waals surface area contributed by atoms with Gasteiger partial charge in [0.1, 0.15) is 0 Å². The topological polar surface area (TPSA) is 29.5 Å². The summed E-state index contributed by atoms with van der Waals surface area (Å²) in [5.74, 6) is -0.757. The maximum atomic E-state index is 12.6. The van der Waals surface area contributed by atoms with E-state index in [1.165, 1.54) is 19.2 Å². The molecule has 116 valence electrons. The fourth-order valence-electron chi connectivity index (χ4n) is 2.82. The van der Waals surface area contributed by atoms with Crippen LogP contribution in [0, 0.1) is 5.92 Å². The Hall–Kier alpha value is -1.56. The van der Waals surface area contributed by atoms with Crippen molar-refractivity contribution in [2.45, 2.75) is 18.5 Å². The zero-order valence-electron chi connectivity index (χ0n) is 12.0. The van der Waals surface area contributed by atoms with Gasteiger partial charge >= 0.3 is 12.1 Å². The molecule has 1 aliphatic heterocycles. The van der Waals surface area contributed by atoms with Crippen LogP contribution in [0.25, 0.3) is 0 Å². The lowest BCUT2D eigenvalue weighted by atomic mass is 9.80. The van der Waals surface area contributed by atoms with Gasteiger partial charge in [-0.25, -0.2) is 0 Å². The molecule has 1 aliphatic rings. The number of halogens is 3. The highest BCUT2D eigenvalue weighted by Crippen LogP contribution is 2.35. The van der Waals surface area contributed by atoms with Crippen LogP contribution >= 0.6 is 0 Å². The van der Waals surface area contributed by atoms with Crippen molar-refractivity contribution in [3.63, 3.8) is 0 Å². The lowest BCUT2D eigenvalue weighted by Gasteiger charge is -2.35. The molecule has 0 saturated carbocycles. The first-order valence-electron chi connectivity index (χ1n) is 6.76. The highest BCUT2D eigenvalue weighted by molar-refractivity contribution is 5.74. The van der Waals surface area contributed by atoms with Crippen LogP contribution in [0.3, 0.4) is 0 Å². The number of hydrogen-bond donors (Lipinski definition) is 0. The second-order valence-corrected chi connectivity index (χ2v) is 5.41. The Kier molecular flexibility index (Phi) is 4.56. The van der Waals surface area contributed by atoms with Crippen LogP contribution in [0.5, 0.6) is 0 Å². The van der Waals surface area contributed by atoms with Gasteiger partial charge in [-0.05, 0) is 43.6 Å². The maximum Gasteiger partial charge on any atom is 0.416 e. The number of carbonyl (C=O) groups is 1. The molecule has 2 atom stereocenters. The van der Waals surface area contributed by atoms with Crippen molar-refractivity contribution >= 4 is 5.97 Å². The Morgan fingerprint density at radius 2 is 1.90 bits per heavy atom. The number of rotatable bonds is 2. The van der Waals surface area contributed by atoms with Gasteiger partial charge in [0.25, 0.3) is 0 Å². The van der Waals surface area contributed by atoms with Gasteiger partial charge in [-0.3, -0.25) is 4.79 Å². The third-order valence-electron chi connectivity index (χ3n) is 3.99. The van der Waals surface area contributed by atoms with Crippen LogP contribution in [0.2, 0.25) is 0 Å². The molecule has 1 saturated heterocycles. The monoisotopic (exact) mass is 301 g/mol. The number of likely N-dealkylation sites (tertiary alicyclic amines) is 1. The number of carbonyl (C=O) groups excluding carboxylic acids is 1. The van der Waals surface area contributed by atoms with Crippen molar-refractivity contribution in [3.8, 4) is 0 Å². The molecule has 3 nitrogen and oxygen atoms in total. The predicted molar refractivity (Wildman–Crippen MR) is 71.8 cm³/mol. The molecule has 0 amide bonds. The zero-order chi connectivity index (χ0) is 15.6. The SMILES string of the molecule is COC(=O)[C@@H]1CN(C)CC[C@@H]1c1ccc(C(F)(F)F)cc1. The molecule has 0 N–H and O–H groups in total. The molecule has 0 spiro atoms. The normalized spacial score (nSPS) is 23.9. The number of nitrogens with zero attached hydrogens (tertiary/aromatic N) is 1. The van der Waals surface area contributed by atoms with Crippen molar-refractivity contribution < 1.29 is 22.7 Å². The highest BCUT2D eigenvalue weighted by atomic mass is 19.4. The van der Waals surface area contributed by atoms with Gasteiger partial charge in [0, 0.05) is 6.54 Å². The third-order valence-corrected chi connectivity index (χ3v) is 3.99. The van der Waals surface area contributed by atoms with Gasteiger partial charge in [0.2, 0.25) is 0 Å². The van der Waals surface area contributed by atoms with Gasteiger partial charge in [-0.2, -0.15) is 13.2 Å². The molecular formula is C15H18F3NO2. The predicted octanol–water partition coefficient (Wildman–Crippen LogP) is 2.91. The molecule has 6 heteroatoms. The van der Waals surface area contributed by atoms with E-state index < -0.39 is 11.7 Å². The summed E-state index contributed by atoms with van der Waals surface area (Å²) in [5, 5.41) is 0. The summed E-state index contributed by atoms with van der Waals surface area (Å²) in [6, 6.07) is 5.08. The van der Waals surface area contributed by atoms with E-state index in [0.29, 0.717) is 6.54 Å². The number of piperidine rings is 1. The lowest BCUT2D eigenvalue weighted by molar-refractivity contribution is -0.148. The number of ether oxygens (including phenoxy) is 1. The molecule has 0 bridgehead atoms. The number of methoxy groups -OCH3 is 1. The number of alkyl halides is 3. The van der Waals surface area contributed by atoms with Crippen LogP contribution < -0.4 is 0 Å². The van der Waals surface area contributed by atoms with Crippen molar-refractivity contribution in [3.05, 3.63) is 35.4 Å². The third kappa shape index (κ3) is 3.56. The Bertz CT molecular complexity index is 499. The summed E-state index contributed by atoms with van der Waals surface area (Å²) < 4.78 is 42.6. The molecule has 0 aromatic heterocycles. The number of hydrogen-bond acceptors (Lipinski definition) is 3. The van der Waals surface area contributed by atoms with Crippen molar-refractivity contribution in [1.29, 1.82) is 0 Å². The molecule has 1 aromatic carbocycles. The van der Waals surface area contributed by atoms with E-state index in [9.17, 15) is 18.0 Å². The molecule has 1 heterocycles. The van der Waals surface area contributed by atoms with Crippen LogP contribution in [0.1, 0.15) is 23.5 Å². The van der Waals surface area contributed by atoms with E-state index in [0.717, 1.165) is 30.7 Å². The smallest absolute Gasteiger partial charge is 0.416 e. The molecule has 21 heavy (non-hydrogen) atoms. The van der Waals surface area contributed by atoms with Crippen molar-refractivity contribution in [1.82, 2.24) is 4.90 Å². The average molecular weight is 301 g/mol. The molecule has 0 radical (unpaired) electrons. The van der Waals surface area contributed by atoms with Crippen LogP contribution in [-0.4, -0.2) is 38.1 Å². The van der Waals surface area contributed by atoms with Crippen LogP contribution in [0.4, 0.5) is 13.2 Å². The molecule has 0 unspecified atom stereocenters. The minimum Gasteiger partial charge on any atom is -0.469 e. The van der Waals surface area contributed by atoms with E-state index in [1.54, 1.807) is 0 Å².